The van der Waals surface area contributed by atoms with Gasteiger partial charge >= 0.3 is 0 Å². The van der Waals surface area contributed by atoms with E-state index in [1.807, 2.05) is 37.3 Å². The molecule has 6 heteroatoms. The molecule has 118 valence electrons. The molecule has 1 aromatic carbocycles. The molecule has 0 aliphatic heterocycles. The van der Waals surface area contributed by atoms with Gasteiger partial charge in [0.25, 0.3) is 5.56 Å². The third-order valence-corrected chi connectivity index (χ3v) is 5.01. The first-order valence-electron chi connectivity index (χ1n) is 7.01. The number of benzene rings is 1. The predicted octanol–water partition coefficient (Wildman–Crippen LogP) is 2.24. The van der Waals surface area contributed by atoms with E-state index >= 15 is 0 Å². The molecule has 1 N–H and O–H groups in total. The van der Waals surface area contributed by atoms with Gasteiger partial charge < -0.3 is 4.57 Å². The number of aromatic nitrogens is 1. The van der Waals surface area contributed by atoms with Gasteiger partial charge in [0, 0.05) is 19.3 Å². The minimum Gasteiger partial charge on any atom is -0.316 e. The minimum atomic E-state index is -3.50. The maximum absolute atomic E-state index is 12.3. The van der Waals surface area contributed by atoms with E-state index < -0.39 is 10.0 Å². The summed E-state index contributed by atoms with van der Waals surface area (Å²) in [5.41, 5.74) is 1.85. The molecular weight excluding hydrogens is 300 g/mol. The maximum atomic E-state index is 12.3. The van der Waals surface area contributed by atoms with Gasteiger partial charge in [-0.05, 0) is 24.0 Å². The van der Waals surface area contributed by atoms with Crippen LogP contribution in [0.2, 0.25) is 0 Å². The lowest BCUT2D eigenvalue weighted by Gasteiger charge is -2.15. The third-order valence-electron chi connectivity index (χ3n) is 3.54. The van der Waals surface area contributed by atoms with E-state index in [0.717, 1.165) is 5.56 Å². The van der Waals surface area contributed by atoms with Gasteiger partial charge in [-0.1, -0.05) is 37.3 Å². The largest absolute Gasteiger partial charge is 0.316 e. The van der Waals surface area contributed by atoms with Crippen LogP contribution in [0.15, 0.2) is 47.4 Å². The Kier molecular flexibility index (Phi) is 4.71. The van der Waals surface area contributed by atoms with Gasteiger partial charge in [-0.15, -0.1) is 0 Å². The molecule has 0 saturated heterocycles. The van der Waals surface area contributed by atoms with E-state index in [0.29, 0.717) is 11.3 Å². The Balaban J connectivity index is 2.18. The Labute approximate surface area is 130 Å². The number of hydrogen-bond acceptors (Lipinski definition) is 3. The van der Waals surface area contributed by atoms with Gasteiger partial charge in [-0.2, -0.15) is 0 Å². The Morgan fingerprint density at radius 2 is 1.86 bits per heavy atom. The van der Waals surface area contributed by atoms with Gasteiger partial charge in [0.05, 0.1) is 11.4 Å². The molecular formula is C16H20N2O3S. The van der Waals surface area contributed by atoms with Crippen molar-refractivity contribution < 1.29 is 8.42 Å². The number of rotatable bonds is 5. The summed E-state index contributed by atoms with van der Waals surface area (Å²) in [4.78, 5) is 11.5. The molecule has 0 amide bonds. The second kappa shape index (κ2) is 6.36. The van der Waals surface area contributed by atoms with E-state index in [9.17, 15) is 13.2 Å². The lowest BCUT2D eigenvalue weighted by Crippen LogP contribution is -2.23. The SMILES string of the molecule is Cc1cc(=O)n(C)cc1NS(=O)(=O)C[C@H](C)c1ccccc1. The Morgan fingerprint density at radius 3 is 2.50 bits per heavy atom. The number of nitrogens with zero attached hydrogens (tertiary/aromatic N) is 1. The summed E-state index contributed by atoms with van der Waals surface area (Å²) in [6.07, 6.45) is 1.50. The van der Waals surface area contributed by atoms with Crippen LogP contribution in [0.3, 0.4) is 0 Å². The zero-order chi connectivity index (χ0) is 16.3. The zero-order valence-corrected chi connectivity index (χ0v) is 13.7. The summed E-state index contributed by atoms with van der Waals surface area (Å²) < 4.78 is 28.6. The highest BCUT2D eigenvalue weighted by Gasteiger charge is 2.18. The van der Waals surface area contributed by atoms with Gasteiger partial charge in [-0.25, -0.2) is 8.42 Å². The quantitative estimate of drug-likeness (QED) is 0.918. The minimum absolute atomic E-state index is 0.0146. The highest BCUT2D eigenvalue weighted by atomic mass is 32.2. The van der Waals surface area contributed by atoms with Crippen molar-refractivity contribution >= 4 is 15.7 Å². The number of hydrogen-bond donors (Lipinski definition) is 1. The topological polar surface area (TPSA) is 68.2 Å². The molecule has 1 heterocycles. The van der Waals surface area contributed by atoms with Crippen molar-refractivity contribution in [3.8, 4) is 0 Å². The number of pyridine rings is 1. The molecule has 0 spiro atoms. The Morgan fingerprint density at radius 1 is 1.23 bits per heavy atom. The predicted molar refractivity (Wildman–Crippen MR) is 88.7 cm³/mol. The van der Waals surface area contributed by atoms with E-state index in [1.54, 1.807) is 14.0 Å². The van der Waals surface area contributed by atoms with Crippen LogP contribution < -0.4 is 10.3 Å². The first-order chi connectivity index (χ1) is 10.3. The molecule has 0 aliphatic carbocycles. The first-order valence-corrected chi connectivity index (χ1v) is 8.66. The fraction of sp³-hybridized carbons (Fsp3) is 0.312. The van der Waals surface area contributed by atoms with E-state index in [1.165, 1.54) is 16.8 Å². The molecule has 5 nitrogen and oxygen atoms in total. The van der Waals surface area contributed by atoms with Crippen LogP contribution in [0.5, 0.6) is 0 Å². The lowest BCUT2D eigenvalue weighted by atomic mass is 10.0. The summed E-state index contributed by atoms with van der Waals surface area (Å²) in [7, 11) is -1.91. The molecule has 22 heavy (non-hydrogen) atoms. The lowest BCUT2D eigenvalue weighted by molar-refractivity contribution is 0.595. The van der Waals surface area contributed by atoms with Crippen LogP contribution in [0.4, 0.5) is 5.69 Å². The van der Waals surface area contributed by atoms with E-state index in [2.05, 4.69) is 4.72 Å². The maximum Gasteiger partial charge on any atom is 0.250 e. The Bertz CT molecular complexity index is 811. The van der Waals surface area contributed by atoms with Gasteiger partial charge in [0.15, 0.2) is 0 Å². The standard InChI is InChI=1S/C16H20N2O3S/c1-12-9-16(19)18(3)10-15(12)17-22(20,21)11-13(2)14-7-5-4-6-8-14/h4-10,13,17H,11H2,1-3H3/t13-/m0/s1. The van der Waals surface area contributed by atoms with Crippen molar-refractivity contribution in [2.24, 2.45) is 7.05 Å². The second-order valence-electron chi connectivity index (χ2n) is 5.51. The number of aryl methyl sites for hydroxylation is 2. The zero-order valence-electron chi connectivity index (χ0n) is 12.9. The Hall–Kier alpha value is -2.08. The average Bonchev–Trinajstić information content (AvgIpc) is 2.45. The first kappa shape index (κ1) is 16.3. The van der Waals surface area contributed by atoms with Crippen molar-refractivity contribution in [3.05, 3.63) is 64.1 Å². The summed E-state index contributed by atoms with van der Waals surface area (Å²) >= 11 is 0. The van der Waals surface area contributed by atoms with Gasteiger partial charge in [0.1, 0.15) is 0 Å². The third kappa shape index (κ3) is 3.98. The molecule has 1 atom stereocenters. The summed E-state index contributed by atoms with van der Waals surface area (Å²) in [5.74, 6) is -0.134. The highest BCUT2D eigenvalue weighted by Crippen LogP contribution is 2.19. The van der Waals surface area contributed by atoms with Crippen LogP contribution in [0.25, 0.3) is 0 Å². The average molecular weight is 320 g/mol. The fourth-order valence-corrected chi connectivity index (χ4v) is 3.73. The molecule has 0 bridgehead atoms. The van der Waals surface area contributed by atoms with Gasteiger partial charge in [0.2, 0.25) is 10.0 Å². The van der Waals surface area contributed by atoms with Crippen molar-refractivity contribution in [3.63, 3.8) is 0 Å². The van der Waals surface area contributed by atoms with Crippen LogP contribution >= 0.6 is 0 Å². The molecule has 2 rings (SSSR count). The van der Waals surface area contributed by atoms with Crippen molar-refractivity contribution in [1.82, 2.24) is 4.57 Å². The van der Waals surface area contributed by atoms with Crippen molar-refractivity contribution in [1.29, 1.82) is 0 Å². The molecule has 2 aromatic rings. The van der Waals surface area contributed by atoms with Crippen LogP contribution in [0, 0.1) is 6.92 Å². The van der Waals surface area contributed by atoms with Crippen LogP contribution in [0.1, 0.15) is 24.0 Å². The van der Waals surface area contributed by atoms with Gasteiger partial charge in [-0.3, -0.25) is 9.52 Å². The summed E-state index contributed by atoms with van der Waals surface area (Å²) in [6.45, 7) is 3.59. The molecule has 1 aromatic heterocycles. The fourth-order valence-electron chi connectivity index (χ4n) is 2.25. The molecule has 0 unspecified atom stereocenters. The van der Waals surface area contributed by atoms with Crippen molar-refractivity contribution in [2.45, 2.75) is 19.8 Å². The van der Waals surface area contributed by atoms with E-state index in [4.69, 9.17) is 0 Å². The monoisotopic (exact) mass is 320 g/mol. The summed E-state index contributed by atoms with van der Waals surface area (Å²) in [6, 6.07) is 10.9. The normalized spacial score (nSPS) is 12.9. The number of sulfonamides is 1. The summed E-state index contributed by atoms with van der Waals surface area (Å²) in [5, 5.41) is 0. The smallest absolute Gasteiger partial charge is 0.250 e. The molecule has 0 fully saturated rings. The number of nitrogens with one attached hydrogen (secondary N) is 1. The van der Waals surface area contributed by atoms with Crippen molar-refractivity contribution in [2.75, 3.05) is 10.5 Å². The molecule has 0 radical (unpaired) electrons. The van der Waals surface area contributed by atoms with Crippen LogP contribution in [-0.4, -0.2) is 18.7 Å². The highest BCUT2D eigenvalue weighted by molar-refractivity contribution is 7.92. The molecule has 0 aliphatic rings. The number of anilines is 1. The molecule has 0 saturated carbocycles. The second-order valence-corrected chi connectivity index (χ2v) is 7.28. The van der Waals surface area contributed by atoms with Crippen LogP contribution in [-0.2, 0) is 17.1 Å². The van der Waals surface area contributed by atoms with E-state index in [-0.39, 0.29) is 17.2 Å².